The summed E-state index contributed by atoms with van der Waals surface area (Å²) in [6.07, 6.45) is 5.46. The highest BCUT2D eigenvalue weighted by Gasteiger charge is 2.39. The van der Waals surface area contributed by atoms with Gasteiger partial charge in [-0.25, -0.2) is 0 Å². The number of piperidine rings is 1. The van der Waals surface area contributed by atoms with Gasteiger partial charge in [-0.05, 0) is 37.3 Å². The van der Waals surface area contributed by atoms with Crippen LogP contribution in [0.15, 0.2) is 36.5 Å². The van der Waals surface area contributed by atoms with Gasteiger partial charge in [0, 0.05) is 36.9 Å². The summed E-state index contributed by atoms with van der Waals surface area (Å²) in [7, 11) is 0. The van der Waals surface area contributed by atoms with E-state index in [1.54, 1.807) is 6.20 Å². The van der Waals surface area contributed by atoms with E-state index >= 15 is 0 Å². The number of benzene rings is 1. The lowest BCUT2D eigenvalue weighted by Gasteiger charge is -2.36. The lowest BCUT2D eigenvalue weighted by Crippen LogP contribution is -2.47. The van der Waals surface area contributed by atoms with E-state index in [-0.39, 0.29) is 17.9 Å². The molecule has 3 aliphatic rings. The Kier molecular flexibility index (Phi) is 4.97. The minimum atomic E-state index is 0.0518. The summed E-state index contributed by atoms with van der Waals surface area (Å²) >= 11 is 0. The number of nitrogens with one attached hydrogen (secondary N) is 1. The van der Waals surface area contributed by atoms with Gasteiger partial charge in [-0.1, -0.05) is 31.5 Å². The molecule has 1 N–H and O–H groups in total. The van der Waals surface area contributed by atoms with Gasteiger partial charge in [-0.2, -0.15) is 5.10 Å². The van der Waals surface area contributed by atoms with Crippen molar-refractivity contribution in [3.63, 3.8) is 0 Å². The number of amides is 2. The number of H-pyrrole nitrogens is 1. The van der Waals surface area contributed by atoms with Crippen LogP contribution in [-0.4, -0.2) is 57.5 Å². The molecule has 0 aliphatic carbocycles. The average molecular weight is 366 g/mol. The van der Waals surface area contributed by atoms with Gasteiger partial charge in [0.05, 0.1) is 11.8 Å². The van der Waals surface area contributed by atoms with Gasteiger partial charge in [0.1, 0.15) is 0 Å². The van der Waals surface area contributed by atoms with Crippen molar-refractivity contribution < 1.29 is 9.59 Å². The SMILES string of the molecule is CCCc1[nH]ncc1C(=O)N1C[C@H]2CC[C@@H]1CN(C(=O)c1ccccc1)C2. The molecule has 3 fully saturated rings. The first-order chi connectivity index (χ1) is 13.2. The van der Waals surface area contributed by atoms with E-state index in [0.29, 0.717) is 18.0 Å². The van der Waals surface area contributed by atoms with Crippen molar-refractivity contribution in [1.82, 2.24) is 20.0 Å². The Morgan fingerprint density at radius 3 is 2.70 bits per heavy atom. The molecular formula is C21H26N4O2. The Morgan fingerprint density at radius 1 is 1.11 bits per heavy atom. The first-order valence-electron chi connectivity index (χ1n) is 9.85. The number of fused-ring (bicyclic) bond motifs is 4. The normalized spacial score (nSPS) is 22.0. The Morgan fingerprint density at radius 2 is 1.93 bits per heavy atom. The van der Waals surface area contributed by atoms with Crippen LogP contribution in [0.3, 0.4) is 0 Å². The van der Waals surface area contributed by atoms with E-state index in [0.717, 1.165) is 50.0 Å². The quantitative estimate of drug-likeness (QED) is 0.905. The zero-order chi connectivity index (χ0) is 18.8. The van der Waals surface area contributed by atoms with Crippen molar-refractivity contribution in [2.45, 2.75) is 38.6 Å². The molecule has 0 unspecified atom stereocenters. The second-order valence-corrected chi connectivity index (χ2v) is 7.64. The van der Waals surface area contributed by atoms with Crippen molar-refractivity contribution in [1.29, 1.82) is 0 Å². The van der Waals surface area contributed by atoms with E-state index in [1.807, 2.05) is 40.1 Å². The highest BCUT2D eigenvalue weighted by Crippen LogP contribution is 2.30. The van der Waals surface area contributed by atoms with Crippen LogP contribution in [-0.2, 0) is 6.42 Å². The minimum absolute atomic E-state index is 0.0518. The second kappa shape index (κ2) is 7.55. The third kappa shape index (κ3) is 3.48. The summed E-state index contributed by atoms with van der Waals surface area (Å²) in [6, 6.07) is 9.50. The van der Waals surface area contributed by atoms with Crippen LogP contribution in [0, 0.1) is 5.92 Å². The number of aromatic nitrogens is 2. The Labute approximate surface area is 159 Å². The number of aryl methyl sites for hydroxylation is 1. The number of carbonyl (C=O) groups excluding carboxylic acids is 2. The Balaban J connectivity index is 1.54. The summed E-state index contributed by atoms with van der Waals surface area (Å²) in [4.78, 5) is 30.1. The second-order valence-electron chi connectivity index (χ2n) is 7.64. The van der Waals surface area contributed by atoms with Gasteiger partial charge in [-0.15, -0.1) is 0 Å². The summed E-state index contributed by atoms with van der Waals surface area (Å²) in [6.45, 7) is 4.15. The van der Waals surface area contributed by atoms with E-state index < -0.39 is 0 Å². The van der Waals surface area contributed by atoms with Crippen LogP contribution in [0.2, 0.25) is 0 Å². The first-order valence-corrected chi connectivity index (χ1v) is 9.85. The van der Waals surface area contributed by atoms with Crippen molar-refractivity contribution in [3.05, 3.63) is 53.3 Å². The molecular weight excluding hydrogens is 340 g/mol. The smallest absolute Gasteiger partial charge is 0.257 e. The van der Waals surface area contributed by atoms with Gasteiger partial charge < -0.3 is 9.80 Å². The van der Waals surface area contributed by atoms with Crippen LogP contribution >= 0.6 is 0 Å². The van der Waals surface area contributed by atoms with E-state index in [4.69, 9.17) is 0 Å². The number of aromatic amines is 1. The predicted octanol–water partition coefficient (Wildman–Crippen LogP) is 2.74. The molecule has 2 bridgehead atoms. The van der Waals surface area contributed by atoms with Gasteiger partial charge in [0.2, 0.25) is 0 Å². The highest BCUT2D eigenvalue weighted by atomic mass is 16.2. The highest BCUT2D eigenvalue weighted by molar-refractivity contribution is 5.96. The van der Waals surface area contributed by atoms with Crippen LogP contribution < -0.4 is 0 Å². The summed E-state index contributed by atoms with van der Waals surface area (Å²) < 4.78 is 0. The van der Waals surface area contributed by atoms with Crippen LogP contribution in [0.1, 0.15) is 52.6 Å². The number of hydrogen-bond acceptors (Lipinski definition) is 3. The number of rotatable bonds is 4. The molecule has 3 saturated heterocycles. The third-order valence-electron chi connectivity index (χ3n) is 5.73. The summed E-state index contributed by atoms with van der Waals surface area (Å²) in [5.41, 5.74) is 2.32. The third-order valence-corrected chi connectivity index (χ3v) is 5.73. The average Bonchev–Trinajstić information content (AvgIpc) is 2.96. The van der Waals surface area contributed by atoms with Gasteiger partial charge >= 0.3 is 0 Å². The molecule has 0 spiro atoms. The molecule has 1 aromatic carbocycles. The molecule has 27 heavy (non-hydrogen) atoms. The molecule has 1 aromatic heterocycles. The van der Waals surface area contributed by atoms with Gasteiger partial charge in [0.15, 0.2) is 0 Å². The summed E-state index contributed by atoms with van der Waals surface area (Å²) in [5.74, 6) is 0.453. The lowest BCUT2D eigenvalue weighted by atomic mass is 9.94. The maximum absolute atomic E-state index is 13.2. The van der Waals surface area contributed by atoms with E-state index in [1.165, 1.54) is 0 Å². The maximum atomic E-state index is 13.2. The van der Waals surface area contributed by atoms with Crippen molar-refractivity contribution >= 4 is 11.8 Å². The summed E-state index contributed by atoms with van der Waals surface area (Å²) in [5, 5.41) is 7.06. The molecule has 142 valence electrons. The number of hydrogen-bond donors (Lipinski definition) is 1. The topological polar surface area (TPSA) is 69.3 Å². The predicted molar refractivity (Wildman–Crippen MR) is 102 cm³/mol. The standard InChI is InChI=1S/C21H26N4O2/c1-2-6-19-18(11-22-23-19)21(27)25-13-15-9-10-17(25)14-24(12-15)20(26)16-7-4-3-5-8-16/h3-5,7-8,11,15,17H,2,6,9-10,12-14H2,1H3,(H,22,23)/t15-,17+/m0/s1. The molecule has 2 amide bonds. The Bertz CT molecular complexity index is 817. The molecule has 6 heteroatoms. The van der Waals surface area contributed by atoms with Gasteiger partial charge in [0.25, 0.3) is 11.8 Å². The monoisotopic (exact) mass is 366 g/mol. The minimum Gasteiger partial charge on any atom is -0.336 e. The lowest BCUT2D eigenvalue weighted by molar-refractivity contribution is 0.0573. The zero-order valence-corrected chi connectivity index (χ0v) is 15.7. The molecule has 4 heterocycles. The van der Waals surface area contributed by atoms with Crippen molar-refractivity contribution in [2.24, 2.45) is 5.92 Å². The van der Waals surface area contributed by atoms with Crippen LogP contribution in [0.25, 0.3) is 0 Å². The molecule has 2 aromatic rings. The first kappa shape index (κ1) is 17.8. The molecule has 5 rings (SSSR count). The number of nitrogens with zero attached hydrogens (tertiary/aromatic N) is 3. The molecule has 3 aliphatic heterocycles. The van der Waals surface area contributed by atoms with Gasteiger partial charge in [-0.3, -0.25) is 14.7 Å². The molecule has 0 saturated carbocycles. The zero-order valence-electron chi connectivity index (χ0n) is 15.7. The molecule has 6 nitrogen and oxygen atoms in total. The van der Waals surface area contributed by atoms with Crippen molar-refractivity contribution in [3.8, 4) is 0 Å². The van der Waals surface area contributed by atoms with Crippen LogP contribution in [0.5, 0.6) is 0 Å². The fourth-order valence-electron chi connectivity index (χ4n) is 4.35. The van der Waals surface area contributed by atoms with E-state index in [2.05, 4.69) is 17.1 Å². The van der Waals surface area contributed by atoms with Crippen molar-refractivity contribution in [2.75, 3.05) is 19.6 Å². The molecule has 2 atom stereocenters. The molecule has 0 radical (unpaired) electrons. The largest absolute Gasteiger partial charge is 0.336 e. The number of carbonyl (C=O) groups is 2. The fourth-order valence-corrected chi connectivity index (χ4v) is 4.35. The Hall–Kier alpha value is -2.63. The fraction of sp³-hybridized carbons (Fsp3) is 0.476. The van der Waals surface area contributed by atoms with E-state index in [9.17, 15) is 9.59 Å². The van der Waals surface area contributed by atoms with Crippen LogP contribution in [0.4, 0.5) is 0 Å². The maximum Gasteiger partial charge on any atom is 0.257 e.